The maximum atomic E-state index is 10.00. The topological polar surface area (TPSA) is 29.5 Å². The molecule has 0 aromatic heterocycles. The highest BCUT2D eigenvalue weighted by Gasteiger charge is 2.28. The summed E-state index contributed by atoms with van der Waals surface area (Å²) < 4.78 is 5.30. The summed E-state index contributed by atoms with van der Waals surface area (Å²) >= 11 is 0. The summed E-state index contributed by atoms with van der Waals surface area (Å²) in [7, 11) is 1.71. The molecule has 1 N–H and O–H groups in total. The highest BCUT2D eigenvalue weighted by atomic mass is 16.5. The quantitative estimate of drug-likeness (QED) is 0.718. The van der Waals surface area contributed by atoms with Gasteiger partial charge in [-0.3, -0.25) is 0 Å². The van der Waals surface area contributed by atoms with E-state index in [1.54, 1.807) is 7.11 Å². The Morgan fingerprint density at radius 1 is 1.15 bits per heavy atom. The molecular formula is C11H24O2. The zero-order chi connectivity index (χ0) is 10.7. The SMILES string of the molecule is COC(C)(C)CCC(C)(O)C(C)C. The Morgan fingerprint density at radius 3 is 1.92 bits per heavy atom. The minimum Gasteiger partial charge on any atom is -0.390 e. The average Bonchev–Trinajstić information content (AvgIpc) is 2.01. The van der Waals surface area contributed by atoms with Gasteiger partial charge in [0.05, 0.1) is 11.2 Å². The molecule has 0 saturated carbocycles. The fraction of sp³-hybridized carbons (Fsp3) is 1.00. The molecule has 0 radical (unpaired) electrons. The summed E-state index contributed by atoms with van der Waals surface area (Å²) in [6, 6.07) is 0. The second-order valence-electron chi connectivity index (χ2n) is 4.98. The van der Waals surface area contributed by atoms with Gasteiger partial charge in [-0.2, -0.15) is 0 Å². The monoisotopic (exact) mass is 188 g/mol. The van der Waals surface area contributed by atoms with Crippen molar-refractivity contribution in [1.29, 1.82) is 0 Å². The molecule has 0 bridgehead atoms. The zero-order valence-electron chi connectivity index (χ0n) is 9.85. The second kappa shape index (κ2) is 4.43. The van der Waals surface area contributed by atoms with Gasteiger partial charge in [-0.1, -0.05) is 13.8 Å². The Kier molecular flexibility index (Phi) is 4.40. The third-order valence-electron chi connectivity index (χ3n) is 3.03. The molecule has 0 fully saturated rings. The van der Waals surface area contributed by atoms with Gasteiger partial charge in [-0.25, -0.2) is 0 Å². The van der Waals surface area contributed by atoms with Crippen LogP contribution in [0.2, 0.25) is 0 Å². The minimum atomic E-state index is -0.574. The van der Waals surface area contributed by atoms with Crippen molar-refractivity contribution in [3.8, 4) is 0 Å². The fourth-order valence-corrected chi connectivity index (χ4v) is 0.945. The Hall–Kier alpha value is -0.0800. The number of ether oxygens (including phenoxy) is 1. The van der Waals surface area contributed by atoms with E-state index in [1.807, 2.05) is 34.6 Å². The standard InChI is InChI=1S/C11H24O2/c1-9(2)11(5,12)8-7-10(3,4)13-6/h9,12H,7-8H2,1-6H3. The lowest BCUT2D eigenvalue weighted by Gasteiger charge is -2.32. The molecule has 0 amide bonds. The number of aliphatic hydroxyl groups is 1. The molecule has 0 aliphatic rings. The molecule has 0 spiro atoms. The minimum absolute atomic E-state index is 0.126. The fourth-order valence-electron chi connectivity index (χ4n) is 0.945. The van der Waals surface area contributed by atoms with Crippen molar-refractivity contribution in [3.63, 3.8) is 0 Å². The molecule has 0 aliphatic heterocycles. The highest BCUT2D eigenvalue weighted by molar-refractivity contribution is 4.80. The van der Waals surface area contributed by atoms with Gasteiger partial charge in [-0.15, -0.1) is 0 Å². The van der Waals surface area contributed by atoms with E-state index in [1.165, 1.54) is 0 Å². The molecule has 2 nitrogen and oxygen atoms in total. The third kappa shape index (κ3) is 4.63. The van der Waals surface area contributed by atoms with Gasteiger partial charge in [-0.05, 0) is 39.5 Å². The van der Waals surface area contributed by atoms with Crippen molar-refractivity contribution in [2.24, 2.45) is 5.92 Å². The Labute approximate surface area is 82.3 Å². The summed E-state index contributed by atoms with van der Waals surface area (Å²) in [5.74, 6) is 0.292. The second-order valence-corrected chi connectivity index (χ2v) is 4.98. The zero-order valence-corrected chi connectivity index (χ0v) is 9.85. The summed E-state index contributed by atoms with van der Waals surface area (Å²) in [5.41, 5.74) is -0.700. The van der Waals surface area contributed by atoms with E-state index in [0.717, 1.165) is 12.8 Å². The van der Waals surface area contributed by atoms with Crippen LogP contribution < -0.4 is 0 Å². The molecule has 0 aromatic rings. The number of methoxy groups -OCH3 is 1. The van der Waals surface area contributed by atoms with Gasteiger partial charge in [0.25, 0.3) is 0 Å². The van der Waals surface area contributed by atoms with Crippen LogP contribution in [0.15, 0.2) is 0 Å². The van der Waals surface area contributed by atoms with E-state index in [0.29, 0.717) is 5.92 Å². The normalized spacial score (nSPS) is 17.5. The molecule has 0 saturated heterocycles. The Bertz CT molecular complexity index is 148. The van der Waals surface area contributed by atoms with Crippen molar-refractivity contribution in [2.75, 3.05) is 7.11 Å². The van der Waals surface area contributed by atoms with Crippen LogP contribution in [0.5, 0.6) is 0 Å². The molecular weight excluding hydrogens is 164 g/mol. The van der Waals surface area contributed by atoms with Crippen LogP contribution in [-0.4, -0.2) is 23.4 Å². The first kappa shape index (κ1) is 12.9. The summed E-state index contributed by atoms with van der Waals surface area (Å²) in [6.07, 6.45) is 1.67. The van der Waals surface area contributed by atoms with Gasteiger partial charge in [0.15, 0.2) is 0 Å². The van der Waals surface area contributed by atoms with E-state index in [9.17, 15) is 5.11 Å². The molecule has 0 aromatic carbocycles. The van der Waals surface area contributed by atoms with E-state index in [-0.39, 0.29) is 5.60 Å². The van der Waals surface area contributed by atoms with Crippen molar-refractivity contribution < 1.29 is 9.84 Å². The summed E-state index contributed by atoms with van der Waals surface area (Å²) in [6.45, 7) is 10.1. The van der Waals surface area contributed by atoms with E-state index >= 15 is 0 Å². The maximum Gasteiger partial charge on any atom is 0.0643 e. The first-order valence-corrected chi connectivity index (χ1v) is 4.99. The van der Waals surface area contributed by atoms with E-state index < -0.39 is 5.60 Å². The third-order valence-corrected chi connectivity index (χ3v) is 3.03. The van der Waals surface area contributed by atoms with Crippen molar-refractivity contribution in [1.82, 2.24) is 0 Å². The Balaban J connectivity index is 4.02. The Morgan fingerprint density at radius 2 is 1.62 bits per heavy atom. The van der Waals surface area contributed by atoms with Crippen LogP contribution in [0.25, 0.3) is 0 Å². The maximum absolute atomic E-state index is 10.00. The van der Waals surface area contributed by atoms with Gasteiger partial charge in [0.2, 0.25) is 0 Å². The molecule has 13 heavy (non-hydrogen) atoms. The van der Waals surface area contributed by atoms with Crippen LogP contribution >= 0.6 is 0 Å². The average molecular weight is 188 g/mol. The molecule has 0 aliphatic carbocycles. The van der Waals surface area contributed by atoms with Gasteiger partial charge in [0, 0.05) is 7.11 Å². The molecule has 0 heterocycles. The lowest BCUT2D eigenvalue weighted by atomic mass is 9.85. The number of hydrogen-bond donors (Lipinski definition) is 1. The number of rotatable bonds is 5. The lowest BCUT2D eigenvalue weighted by Crippen LogP contribution is -2.34. The van der Waals surface area contributed by atoms with E-state index in [2.05, 4.69) is 0 Å². The van der Waals surface area contributed by atoms with Gasteiger partial charge in [0.1, 0.15) is 0 Å². The highest BCUT2D eigenvalue weighted by Crippen LogP contribution is 2.26. The molecule has 1 atom stereocenters. The summed E-state index contributed by atoms with van der Waals surface area (Å²) in [4.78, 5) is 0. The van der Waals surface area contributed by atoms with Crippen molar-refractivity contribution in [3.05, 3.63) is 0 Å². The largest absolute Gasteiger partial charge is 0.390 e. The van der Waals surface area contributed by atoms with Crippen molar-refractivity contribution in [2.45, 2.75) is 58.7 Å². The molecule has 0 rings (SSSR count). The number of hydrogen-bond acceptors (Lipinski definition) is 2. The van der Waals surface area contributed by atoms with Crippen molar-refractivity contribution >= 4 is 0 Å². The van der Waals surface area contributed by atoms with E-state index in [4.69, 9.17) is 4.74 Å². The molecule has 2 heteroatoms. The lowest BCUT2D eigenvalue weighted by molar-refractivity contribution is -0.0379. The smallest absolute Gasteiger partial charge is 0.0643 e. The van der Waals surface area contributed by atoms with Gasteiger partial charge < -0.3 is 9.84 Å². The first-order chi connectivity index (χ1) is 5.71. The van der Waals surface area contributed by atoms with Crippen LogP contribution in [0.4, 0.5) is 0 Å². The van der Waals surface area contributed by atoms with Crippen LogP contribution in [0, 0.1) is 5.92 Å². The predicted molar refractivity (Wildman–Crippen MR) is 55.8 cm³/mol. The predicted octanol–water partition coefficient (Wildman–Crippen LogP) is 2.60. The molecule has 80 valence electrons. The van der Waals surface area contributed by atoms with Crippen LogP contribution in [0.1, 0.15) is 47.5 Å². The first-order valence-electron chi connectivity index (χ1n) is 4.99. The molecule has 1 unspecified atom stereocenters. The summed E-state index contributed by atoms with van der Waals surface area (Å²) in [5, 5.41) is 10.00. The van der Waals surface area contributed by atoms with Crippen LogP contribution in [-0.2, 0) is 4.74 Å². The van der Waals surface area contributed by atoms with Crippen LogP contribution in [0.3, 0.4) is 0 Å². The van der Waals surface area contributed by atoms with Gasteiger partial charge >= 0.3 is 0 Å².